The van der Waals surface area contributed by atoms with Crippen LogP contribution in [0.5, 0.6) is 0 Å². The third-order valence-corrected chi connectivity index (χ3v) is 3.00. The Morgan fingerprint density at radius 3 is 2.57 bits per heavy atom. The first-order valence-corrected chi connectivity index (χ1v) is 6.43. The van der Waals surface area contributed by atoms with Gasteiger partial charge in [-0.2, -0.15) is 0 Å². The molecule has 7 heteroatoms. The Hall–Kier alpha value is -2.31. The standard InChI is InChI=1S/C14H14F2N2O3/c1-7(2)5-17-11(19)6-18-10-4-8(15)3-9(16)12(10)13(20)14(18)21/h3-4,7H,5-6H2,1-2H3,(H,17,19). The molecule has 2 rings (SSSR count). The van der Waals surface area contributed by atoms with Gasteiger partial charge in [0.25, 0.3) is 11.7 Å². The van der Waals surface area contributed by atoms with E-state index >= 15 is 0 Å². The van der Waals surface area contributed by atoms with E-state index in [1.54, 1.807) is 0 Å². The summed E-state index contributed by atoms with van der Waals surface area (Å²) in [5.41, 5.74) is -0.694. The van der Waals surface area contributed by atoms with Crippen molar-refractivity contribution in [1.29, 1.82) is 0 Å². The normalized spacial score (nSPS) is 13.9. The number of nitrogens with zero attached hydrogens (tertiary/aromatic N) is 1. The lowest BCUT2D eigenvalue weighted by Gasteiger charge is -2.16. The Labute approximate surface area is 119 Å². The Morgan fingerprint density at radius 1 is 1.29 bits per heavy atom. The molecule has 5 nitrogen and oxygen atoms in total. The second-order valence-electron chi connectivity index (χ2n) is 5.20. The Bertz CT molecular complexity index is 629. The van der Waals surface area contributed by atoms with Crippen molar-refractivity contribution in [2.45, 2.75) is 13.8 Å². The number of amides is 2. The maximum atomic E-state index is 13.6. The van der Waals surface area contributed by atoms with Crippen LogP contribution in [0.2, 0.25) is 0 Å². The number of fused-ring (bicyclic) bond motifs is 1. The highest BCUT2D eigenvalue weighted by molar-refractivity contribution is 6.52. The van der Waals surface area contributed by atoms with Gasteiger partial charge in [-0.15, -0.1) is 0 Å². The van der Waals surface area contributed by atoms with Gasteiger partial charge in [0, 0.05) is 12.6 Å². The van der Waals surface area contributed by atoms with Gasteiger partial charge in [0.2, 0.25) is 5.91 Å². The lowest BCUT2D eigenvalue weighted by Crippen LogP contribution is -2.41. The average Bonchev–Trinajstić information content (AvgIpc) is 2.61. The summed E-state index contributed by atoms with van der Waals surface area (Å²) < 4.78 is 26.9. The highest BCUT2D eigenvalue weighted by Crippen LogP contribution is 2.31. The zero-order chi connectivity index (χ0) is 15.7. The van der Waals surface area contributed by atoms with Crippen molar-refractivity contribution in [3.63, 3.8) is 0 Å². The van der Waals surface area contributed by atoms with E-state index in [0.717, 1.165) is 11.0 Å². The van der Waals surface area contributed by atoms with E-state index in [9.17, 15) is 23.2 Å². The van der Waals surface area contributed by atoms with Gasteiger partial charge in [0.1, 0.15) is 18.2 Å². The highest BCUT2D eigenvalue weighted by atomic mass is 19.1. The number of halogens is 2. The van der Waals surface area contributed by atoms with E-state index in [-0.39, 0.29) is 11.6 Å². The molecule has 0 aliphatic carbocycles. The predicted molar refractivity (Wildman–Crippen MR) is 70.9 cm³/mol. The lowest BCUT2D eigenvalue weighted by atomic mass is 10.1. The second kappa shape index (κ2) is 5.59. The van der Waals surface area contributed by atoms with Crippen molar-refractivity contribution in [2.75, 3.05) is 18.0 Å². The van der Waals surface area contributed by atoms with Gasteiger partial charge < -0.3 is 5.32 Å². The summed E-state index contributed by atoms with van der Waals surface area (Å²) in [7, 11) is 0. The minimum Gasteiger partial charge on any atom is -0.354 e. The Morgan fingerprint density at radius 2 is 1.95 bits per heavy atom. The van der Waals surface area contributed by atoms with Crippen LogP contribution in [0.3, 0.4) is 0 Å². The molecule has 112 valence electrons. The first kappa shape index (κ1) is 15.1. The van der Waals surface area contributed by atoms with Crippen LogP contribution in [0.15, 0.2) is 12.1 Å². The number of anilines is 1. The smallest absolute Gasteiger partial charge is 0.300 e. The van der Waals surface area contributed by atoms with Gasteiger partial charge in [0.05, 0.1) is 11.3 Å². The van der Waals surface area contributed by atoms with E-state index in [4.69, 9.17) is 0 Å². The molecule has 1 aromatic rings. The van der Waals surface area contributed by atoms with E-state index < -0.39 is 41.3 Å². The minimum absolute atomic E-state index is 0.206. The minimum atomic E-state index is -1.10. The quantitative estimate of drug-likeness (QED) is 0.851. The van der Waals surface area contributed by atoms with Crippen molar-refractivity contribution in [1.82, 2.24) is 5.32 Å². The first-order valence-electron chi connectivity index (χ1n) is 6.43. The molecule has 0 unspecified atom stereocenters. The molecule has 1 N–H and O–H groups in total. The fraction of sp³-hybridized carbons (Fsp3) is 0.357. The van der Waals surface area contributed by atoms with E-state index in [0.29, 0.717) is 12.6 Å². The van der Waals surface area contributed by atoms with Crippen LogP contribution >= 0.6 is 0 Å². The van der Waals surface area contributed by atoms with Crippen LogP contribution in [0, 0.1) is 17.6 Å². The number of Topliss-reactive ketones (excluding diaryl/α,β-unsaturated/α-hetero) is 1. The molecule has 1 heterocycles. The second-order valence-corrected chi connectivity index (χ2v) is 5.20. The molecule has 1 aromatic carbocycles. The van der Waals surface area contributed by atoms with Gasteiger partial charge in [-0.25, -0.2) is 8.78 Å². The summed E-state index contributed by atoms with van der Waals surface area (Å²) in [5, 5.41) is 2.57. The molecule has 0 spiro atoms. The van der Waals surface area contributed by atoms with E-state index in [1.165, 1.54) is 0 Å². The van der Waals surface area contributed by atoms with Gasteiger partial charge in [-0.1, -0.05) is 13.8 Å². The predicted octanol–water partition coefficient (Wildman–Crippen LogP) is 1.27. The molecular weight excluding hydrogens is 282 g/mol. The van der Waals surface area contributed by atoms with Crippen molar-refractivity contribution >= 4 is 23.3 Å². The molecule has 0 saturated heterocycles. The molecule has 21 heavy (non-hydrogen) atoms. The number of hydrogen-bond acceptors (Lipinski definition) is 3. The summed E-state index contributed by atoms with van der Waals surface area (Å²) in [6, 6.07) is 1.41. The largest absolute Gasteiger partial charge is 0.354 e. The molecule has 0 saturated carbocycles. The summed E-state index contributed by atoms with van der Waals surface area (Å²) in [5.74, 6) is -4.41. The number of nitrogens with one attached hydrogen (secondary N) is 1. The zero-order valence-electron chi connectivity index (χ0n) is 11.6. The number of carbonyl (C=O) groups is 3. The Balaban J connectivity index is 2.25. The molecule has 0 bridgehead atoms. The topological polar surface area (TPSA) is 66.5 Å². The molecular formula is C14H14F2N2O3. The van der Waals surface area contributed by atoms with Crippen molar-refractivity contribution in [3.8, 4) is 0 Å². The number of benzene rings is 1. The lowest BCUT2D eigenvalue weighted by molar-refractivity contribution is -0.122. The number of hydrogen-bond donors (Lipinski definition) is 1. The molecule has 1 aliphatic rings. The van der Waals surface area contributed by atoms with Gasteiger partial charge in [-0.05, 0) is 12.0 Å². The third kappa shape index (κ3) is 2.91. The molecule has 0 fully saturated rings. The molecule has 0 aromatic heterocycles. The van der Waals surface area contributed by atoms with Crippen LogP contribution in [0.4, 0.5) is 14.5 Å². The zero-order valence-corrected chi connectivity index (χ0v) is 11.6. The first-order chi connectivity index (χ1) is 9.81. The Kier molecular flexibility index (Phi) is 4.02. The monoisotopic (exact) mass is 296 g/mol. The van der Waals surface area contributed by atoms with Crippen molar-refractivity contribution in [2.24, 2.45) is 5.92 Å². The summed E-state index contributed by atoms with van der Waals surface area (Å²) in [6.45, 7) is 3.74. The fourth-order valence-corrected chi connectivity index (χ4v) is 2.01. The van der Waals surface area contributed by atoms with Crippen LogP contribution in [0.25, 0.3) is 0 Å². The van der Waals surface area contributed by atoms with Gasteiger partial charge in [-0.3, -0.25) is 19.3 Å². The third-order valence-electron chi connectivity index (χ3n) is 3.00. The fourth-order valence-electron chi connectivity index (χ4n) is 2.01. The maximum absolute atomic E-state index is 13.6. The number of rotatable bonds is 4. The highest BCUT2D eigenvalue weighted by Gasteiger charge is 2.39. The maximum Gasteiger partial charge on any atom is 0.300 e. The van der Waals surface area contributed by atoms with E-state index in [1.807, 2.05) is 13.8 Å². The number of carbonyl (C=O) groups excluding carboxylic acids is 3. The van der Waals surface area contributed by atoms with Crippen LogP contribution in [-0.2, 0) is 9.59 Å². The van der Waals surface area contributed by atoms with Crippen LogP contribution in [0.1, 0.15) is 24.2 Å². The van der Waals surface area contributed by atoms with Gasteiger partial charge >= 0.3 is 0 Å². The van der Waals surface area contributed by atoms with Crippen LogP contribution in [-0.4, -0.2) is 30.7 Å². The number of ketones is 1. The summed E-state index contributed by atoms with van der Waals surface area (Å²) in [4.78, 5) is 36.0. The average molecular weight is 296 g/mol. The molecule has 0 atom stereocenters. The van der Waals surface area contributed by atoms with E-state index in [2.05, 4.69) is 5.32 Å². The summed E-state index contributed by atoms with van der Waals surface area (Å²) in [6.07, 6.45) is 0. The van der Waals surface area contributed by atoms with Crippen molar-refractivity contribution < 1.29 is 23.2 Å². The summed E-state index contributed by atoms with van der Waals surface area (Å²) >= 11 is 0. The molecule has 1 aliphatic heterocycles. The molecule has 2 amide bonds. The molecule has 0 radical (unpaired) electrons. The van der Waals surface area contributed by atoms with Crippen molar-refractivity contribution in [3.05, 3.63) is 29.3 Å². The van der Waals surface area contributed by atoms with Gasteiger partial charge in [0.15, 0.2) is 0 Å². The van der Waals surface area contributed by atoms with Crippen LogP contribution < -0.4 is 10.2 Å². The SMILES string of the molecule is CC(C)CNC(=O)CN1C(=O)C(=O)c2c(F)cc(F)cc21.